The summed E-state index contributed by atoms with van der Waals surface area (Å²) >= 11 is 7.90. The molecule has 0 saturated heterocycles. The molecular formula is C11H16ClNS. The van der Waals surface area contributed by atoms with Gasteiger partial charge in [-0.3, -0.25) is 0 Å². The number of hydrogen-bond acceptors (Lipinski definition) is 2. The molecular weight excluding hydrogens is 214 g/mol. The van der Waals surface area contributed by atoms with Crippen LogP contribution in [0.15, 0.2) is 11.4 Å². The Hall–Kier alpha value is -0.0500. The lowest BCUT2D eigenvalue weighted by Gasteiger charge is -2.20. The van der Waals surface area contributed by atoms with Gasteiger partial charge in [0.25, 0.3) is 0 Å². The first kappa shape index (κ1) is 10.5. The highest BCUT2D eigenvalue weighted by atomic mass is 35.5. The lowest BCUT2D eigenvalue weighted by atomic mass is 9.94. The molecule has 0 amide bonds. The standard InChI is InChI=1S/C11H16ClNS/c12-9-6-7-14-11(9)8-4-2-1-3-5-10(8)13/h6-8,10H,1-5,13H2. The fraction of sp³-hybridized carbons (Fsp3) is 0.636. The van der Waals surface area contributed by atoms with Crippen LogP contribution in [0, 0.1) is 0 Å². The van der Waals surface area contributed by atoms with E-state index in [4.69, 9.17) is 17.3 Å². The van der Waals surface area contributed by atoms with E-state index in [9.17, 15) is 0 Å². The van der Waals surface area contributed by atoms with E-state index in [1.54, 1.807) is 11.3 Å². The molecule has 1 aromatic heterocycles. The van der Waals surface area contributed by atoms with Crippen molar-refractivity contribution in [1.82, 2.24) is 0 Å². The molecule has 14 heavy (non-hydrogen) atoms. The van der Waals surface area contributed by atoms with E-state index < -0.39 is 0 Å². The largest absolute Gasteiger partial charge is 0.327 e. The second kappa shape index (κ2) is 4.65. The summed E-state index contributed by atoms with van der Waals surface area (Å²) in [7, 11) is 0. The van der Waals surface area contributed by atoms with Crippen LogP contribution in [0.3, 0.4) is 0 Å². The van der Waals surface area contributed by atoms with Gasteiger partial charge in [-0.25, -0.2) is 0 Å². The molecule has 1 nitrogen and oxygen atoms in total. The minimum Gasteiger partial charge on any atom is -0.327 e. The maximum absolute atomic E-state index is 6.19. The van der Waals surface area contributed by atoms with Crippen molar-refractivity contribution < 1.29 is 0 Å². The highest BCUT2D eigenvalue weighted by Crippen LogP contribution is 2.37. The molecule has 1 fully saturated rings. The molecule has 2 unspecified atom stereocenters. The predicted molar refractivity (Wildman–Crippen MR) is 63.1 cm³/mol. The lowest BCUT2D eigenvalue weighted by Crippen LogP contribution is -2.26. The number of rotatable bonds is 1. The summed E-state index contributed by atoms with van der Waals surface area (Å²) in [5, 5.41) is 2.98. The Morgan fingerprint density at radius 1 is 1.29 bits per heavy atom. The number of halogens is 1. The van der Waals surface area contributed by atoms with E-state index >= 15 is 0 Å². The molecule has 0 spiro atoms. The molecule has 0 radical (unpaired) electrons. The predicted octanol–water partition coefficient (Wildman–Crippen LogP) is 3.78. The highest BCUT2D eigenvalue weighted by molar-refractivity contribution is 7.10. The van der Waals surface area contributed by atoms with Crippen LogP contribution in [0.5, 0.6) is 0 Å². The van der Waals surface area contributed by atoms with Gasteiger partial charge in [0.05, 0.1) is 5.02 Å². The molecule has 1 saturated carbocycles. The van der Waals surface area contributed by atoms with E-state index in [-0.39, 0.29) is 0 Å². The fourth-order valence-electron chi connectivity index (χ4n) is 2.23. The van der Waals surface area contributed by atoms with Crippen LogP contribution in [-0.4, -0.2) is 6.04 Å². The average molecular weight is 230 g/mol. The van der Waals surface area contributed by atoms with Gasteiger partial charge in [-0.15, -0.1) is 11.3 Å². The summed E-state index contributed by atoms with van der Waals surface area (Å²) in [5.41, 5.74) is 6.19. The summed E-state index contributed by atoms with van der Waals surface area (Å²) in [4.78, 5) is 1.31. The monoisotopic (exact) mass is 229 g/mol. The molecule has 1 aromatic rings. The Bertz CT molecular complexity index is 297. The van der Waals surface area contributed by atoms with Crippen LogP contribution in [0.2, 0.25) is 5.02 Å². The number of thiophene rings is 1. The van der Waals surface area contributed by atoms with Gasteiger partial charge in [-0.2, -0.15) is 0 Å². The van der Waals surface area contributed by atoms with Gasteiger partial charge in [0.1, 0.15) is 0 Å². The van der Waals surface area contributed by atoms with Crippen LogP contribution in [0.1, 0.15) is 42.9 Å². The van der Waals surface area contributed by atoms with Crippen molar-refractivity contribution in [3.8, 4) is 0 Å². The van der Waals surface area contributed by atoms with Crippen molar-refractivity contribution in [3.63, 3.8) is 0 Å². The van der Waals surface area contributed by atoms with Gasteiger partial charge >= 0.3 is 0 Å². The molecule has 1 aliphatic carbocycles. The SMILES string of the molecule is NC1CCCCCC1c1sccc1Cl. The van der Waals surface area contributed by atoms with E-state index in [1.807, 2.05) is 6.07 Å². The van der Waals surface area contributed by atoms with E-state index in [2.05, 4.69) is 5.38 Å². The zero-order valence-corrected chi connectivity index (χ0v) is 9.78. The summed E-state index contributed by atoms with van der Waals surface area (Å²) in [6.45, 7) is 0. The second-order valence-electron chi connectivity index (χ2n) is 4.04. The van der Waals surface area contributed by atoms with Gasteiger partial charge < -0.3 is 5.73 Å². The van der Waals surface area contributed by atoms with E-state index in [1.165, 1.54) is 30.6 Å². The minimum absolute atomic E-state index is 0.314. The Balaban J connectivity index is 2.19. The summed E-state index contributed by atoms with van der Waals surface area (Å²) in [6, 6.07) is 2.30. The normalized spacial score (nSPS) is 28.7. The van der Waals surface area contributed by atoms with Crippen molar-refractivity contribution in [3.05, 3.63) is 21.3 Å². The number of nitrogens with two attached hydrogens (primary N) is 1. The second-order valence-corrected chi connectivity index (χ2v) is 5.40. The zero-order chi connectivity index (χ0) is 9.97. The molecule has 1 aliphatic rings. The Labute approximate surface area is 94.3 Å². The number of hydrogen-bond donors (Lipinski definition) is 1. The van der Waals surface area contributed by atoms with Gasteiger partial charge in [0, 0.05) is 16.8 Å². The lowest BCUT2D eigenvalue weighted by molar-refractivity contribution is 0.512. The van der Waals surface area contributed by atoms with Gasteiger partial charge in [0.15, 0.2) is 0 Å². The summed E-state index contributed by atoms with van der Waals surface area (Å²) < 4.78 is 0. The minimum atomic E-state index is 0.314. The third-order valence-corrected chi connectivity index (χ3v) is 4.54. The molecule has 2 atom stereocenters. The van der Waals surface area contributed by atoms with Gasteiger partial charge in [0.2, 0.25) is 0 Å². The van der Waals surface area contributed by atoms with E-state index in [0.717, 1.165) is 11.4 Å². The Morgan fingerprint density at radius 2 is 2.07 bits per heavy atom. The van der Waals surface area contributed by atoms with Crippen LogP contribution >= 0.6 is 22.9 Å². The van der Waals surface area contributed by atoms with Crippen molar-refractivity contribution in [2.75, 3.05) is 0 Å². The third-order valence-electron chi connectivity index (χ3n) is 3.05. The van der Waals surface area contributed by atoms with Crippen molar-refractivity contribution in [2.24, 2.45) is 5.73 Å². The molecule has 0 aliphatic heterocycles. The zero-order valence-electron chi connectivity index (χ0n) is 8.21. The van der Waals surface area contributed by atoms with Crippen LogP contribution in [-0.2, 0) is 0 Å². The van der Waals surface area contributed by atoms with Crippen molar-refractivity contribution in [2.45, 2.75) is 44.1 Å². The van der Waals surface area contributed by atoms with Crippen molar-refractivity contribution in [1.29, 1.82) is 0 Å². The molecule has 2 rings (SSSR count). The van der Waals surface area contributed by atoms with Crippen molar-refractivity contribution >= 4 is 22.9 Å². The average Bonchev–Trinajstić information content (AvgIpc) is 2.46. The van der Waals surface area contributed by atoms with Gasteiger partial charge in [-0.1, -0.05) is 30.9 Å². The molecule has 2 N–H and O–H groups in total. The molecule has 78 valence electrons. The van der Waals surface area contributed by atoms with Crippen LogP contribution in [0.25, 0.3) is 0 Å². The maximum Gasteiger partial charge on any atom is 0.0548 e. The molecule has 0 bridgehead atoms. The van der Waals surface area contributed by atoms with Crippen LogP contribution in [0.4, 0.5) is 0 Å². The molecule has 1 heterocycles. The Morgan fingerprint density at radius 3 is 2.79 bits per heavy atom. The maximum atomic E-state index is 6.19. The first-order valence-corrected chi connectivity index (χ1v) is 6.53. The topological polar surface area (TPSA) is 26.0 Å². The Kier molecular flexibility index (Phi) is 3.47. The fourth-order valence-corrected chi connectivity index (χ4v) is 3.64. The summed E-state index contributed by atoms with van der Waals surface area (Å²) in [6.07, 6.45) is 6.26. The smallest absolute Gasteiger partial charge is 0.0548 e. The molecule has 3 heteroatoms. The van der Waals surface area contributed by atoms with Crippen LogP contribution < -0.4 is 5.73 Å². The molecule has 0 aromatic carbocycles. The van der Waals surface area contributed by atoms with E-state index in [0.29, 0.717) is 12.0 Å². The third kappa shape index (κ3) is 2.13. The highest BCUT2D eigenvalue weighted by Gasteiger charge is 2.24. The summed E-state index contributed by atoms with van der Waals surface area (Å²) in [5.74, 6) is 0.505. The first-order valence-electron chi connectivity index (χ1n) is 5.27. The quantitative estimate of drug-likeness (QED) is 0.729. The van der Waals surface area contributed by atoms with Gasteiger partial charge in [-0.05, 0) is 24.3 Å². The first-order chi connectivity index (χ1) is 6.79.